The van der Waals surface area contributed by atoms with Crippen LogP contribution in [-0.4, -0.2) is 38.1 Å². The van der Waals surface area contributed by atoms with Crippen LogP contribution in [0.5, 0.6) is 0 Å². The maximum Gasteiger partial charge on any atom is 0.0157 e. The summed E-state index contributed by atoms with van der Waals surface area (Å²) in [6.07, 6.45) is 4.40. The Kier molecular flexibility index (Phi) is 8.51. The Morgan fingerprint density at radius 2 is 2.17 bits per heavy atom. The molecule has 0 fully saturated rings. The van der Waals surface area contributed by atoms with E-state index in [9.17, 15) is 0 Å². The molecule has 1 N–H and O–H groups in total. The Morgan fingerprint density at radius 1 is 1.42 bits per heavy atom. The average Bonchev–Trinajstić information content (AvgIpc) is 2.05. The van der Waals surface area contributed by atoms with Gasteiger partial charge in [0.1, 0.15) is 0 Å². The summed E-state index contributed by atoms with van der Waals surface area (Å²) in [7, 11) is 2.13. The first-order chi connectivity index (χ1) is 5.81. The summed E-state index contributed by atoms with van der Waals surface area (Å²) in [6.45, 7) is 10.3. The van der Waals surface area contributed by atoms with Crippen molar-refractivity contribution in [1.82, 2.24) is 10.2 Å². The van der Waals surface area contributed by atoms with Gasteiger partial charge < -0.3 is 10.2 Å². The second-order valence-corrected chi connectivity index (χ2v) is 3.15. The third kappa shape index (κ3) is 7.76. The number of likely N-dealkylation sites (N-methyl/N-ethyl adjacent to an activating group) is 1. The number of nitrogens with zero attached hydrogens (tertiary/aromatic N) is 1. The lowest BCUT2D eigenvalue weighted by molar-refractivity contribution is 0.360. The van der Waals surface area contributed by atoms with E-state index in [0.717, 1.165) is 26.2 Å². The molecule has 0 aromatic heterocycles. The molecule has 2 heteroatoms. The highest BCUT2D eigenvalue weighted by Gasteiger charge is 1.93. The second-order valence-electron chi connectivity index (χ2n) is 3.15. The van der Waals surface area contributed by atoms with Crippen LogP contribution in [0.2, 0.25) is 0 Å². The van der Waals surface area contributed by atoms with Crippen molar-refractivity contribution in [3.8, 4) is 0 Å². The minimum atomic E-state index is 0.994. The molecule has 0 saturated heterocycles. The van der Waals surface area contributed by atoms with E-state index in [2.05, 4.69) is 30.8 Å². The van der Waals surface area contributed by atoms with Gasteiger partial charge >= 0.3 is 0 Å². The molecule has 2 nitrogen and oxygen atoms in total. The maximum atomic E-state index is 3.70. The van der Waals surface area contributed by atoms with E-state index in [1.165, 1.54) is 12.8 Å². The number of hydrogen-bond acceptors (Lipinski definition) is 2. The lowest BCUT2D eigenvalue weighted by Crippen LogP contribution is -2.24. The molecule has 0 aromatic carbocycles. The molecule has 0 aliphatic rings. The zero-order chi connectivity index (χ0) is 9.23. The summed E-state index contributed by atoms with van der Waals surface area (Å²) in [6, 6.07) is 0. The first kappa shape index (κ1) is 11.7. The molecule has 72 valence electrons. The quantitative estimate of drug-likeness (QED) is 0.438. The van der Waals surface area contributed by atoms with Crippen molar-refractivity contribution in [2.75, 3.05) is 33.2 Å². The summed E-state index contributed by atoms with van der Waals surface area (Å²) in [5, 5.41) is 3.38. The van der Waals surface area contributed by atoms with Gasteiger partial charge in [-0.2, -0.15) is 0 Å². The topological polar surface area (TPSA) is 15.3 Å². The Hall–Kier alpha value is -0.340. The van der Waals surface area contributed by atoms with Gasteiger partial charge in [0, 0.05) is 6.54 Å². The first-order valence-corrected chi connectivity index (χ1v) is 4.81. The lowest BCUT2D eigenvalue weighted by atomic mass is 10.3. The fourth-order valence-corrected chi connectivity index (χ4v) is 1.09. The zero-order valence-electron chi connectivity index (χ0n) is 8.47. The Morgan fingerprint density at radius 3 is 2.75 bits per heavy atom. The van der Waals surface area contributed by atoms with E-state index in [4.69, 9.17) is 0 Å². The summed E-state index contributed by atoms with van der Waals surface area (Å²) in [4.78, 5) is 2.28. The first-order valence-electron chi connectivity index (χ1n) is 4.81. The number of hydrogen-bond donors (Lipinski definition) is 1. The standard InChI is InChI=1S/C10H22N2/c1-4-7-11-8-6-10-12(3)9-5-2/h5,11H,2,4,6-10H2,1,3H3. The minimum absolute atomic E-state index is 0.994. The van der Waals surface area contributed by atoms with Crippen molar-refractivity contribution in [1.29, 1.82) is 0 Å². The van der Waals surface area contributed by atoms with Crippen molar-refractivity contribution in [2.24, 2.45) is 0 Å². The van der Waals surface area contributed by atoms with Gasteiger partial charge in [0.05, 0.1) is 0 Å². The molecule has 0 rings (SSSR count). The van der Waals surface area contributed by atoms with Gasteiger partial charge in [-0.05, 0) is 39.5 Å². The molecule has 0 heterocycles. The summed E-state index contributed by atoms with van der Waals surface area (Å²) >= 11 is 0. The molecule has 0 aliphatic heterocycles. The van der Waals surface area contributed by atoms with E-state index in [0.29, 0.717) is 0 Å². The molecule has 0 aromatic rings. The Bertz CT molecular complexity index is 102. The fourth-order valence-electron chi connectivity index (χ4n) is 1.09. The third-order valence-electron chi connectivity index (χ3n) is 1.76. The van der Waals surface area contributed by atoms with Gasteiger partial charge in [-0.15, -0.1) is 6.58 Å². The highest BCUT2D eigenvalue weighted by atomic mass is 15.1. The molecule has 12 heavy (non-hydrogen) atoms. The number of rotatable bonds is 8. The van der Waals surface area contributed by atoms with E-state index in [1.807, 2.05) is 6.08 Å². The molecular weight excluding hydrogens is 148 g/mol. The third-order valence-corrected chi connectivity index (χ3v) is 1.76. The predicted octanol–water partition coefficient (Wildman–Crippen LogP) is 1.49. The molecule has 0 atom stereocenters. The van der Waals surface area contributed by atoms with Crippen molar-refractivity contribution in [3.05, 3.63) is 12.7 Å². The van der Waals surface area contributed by atoms with Crippen LogP contribution in [-0.2, 0) is 0 Å². The van der Waals surface area contributed by atoms with Crippen LogP contribution < -0.4 is 5.32 Å². The van der Waals surface area contributed by atoms with E-state index in [1.54, 1.807) is 0 Å². The highest BCUT2D eigenvalue weighted by Crippen LogP contribution is 1.86. The normalized spacial score (nSPS) is 10.6. The largest absolute Gasteiger partial charge is 0.317 e. The number of nitrogens with one attached hydrogen (secondary N) is 1. The Balaban J connectivity index is 3.02. The molecule has 0 unspecified atom stereocenters. The molecule has 0 bridgehead atoms. The van der Waals surface area contributed by atoms with Gasteiger partial charge in [-0.3, -0.25) is 0 Å². The molecule has 0 aliphatic carbocycles. The van der Waals surface area contributed by atoms with Crippen LogP contribution in [0.4, 0.5) is 0 Å². The van der Waals surface area contributed by atoms with Gasteiger partial charge in [-0.25, -0.2) is 0 Å². The van der Waals surface area contributed by atoms with Crippen LogP contribution in [0.25, 0.3) is 0 Å². The molecule has 0 radical (unpaired) electrons. The van der Waals surface area contributed by atoms with Crippen LogP contribution in [0.3, 0.4) is 0 Å². The van der Waals surface area contributed by atoms with Crippen LogP contribution in [0, 0.1) is 0 Å². The highest BCUT2D eigenvalue weighted by molar-refractivity contribution is 4.70. The predicted molar refractivity (Wildman–Crippen MR) is 55.5 cm³/mol. The van der Waals surface area contributed by atoms with Crippen LogP contribution in [0.15, 0.2) is 12.7 Å². The minimum Gasteiger partial charge on any atom is -0.317 e. The average molecular weight is 170 g/mol. The molecule has 0 saturated carbocycles. The molecular formula is C10H22N2. The zero-order valence-corrected chi connectivity index (χ0v) is 8.47. The van der Waals surface area contributed by atoms with Crippen LogP contribution >= 0.6 is 0 Å². The summed E-state index contributed by atoms with van der Waals surface area (Å²) in [5.41, 5.74) is 0. The maximum absolute atomic E-state index is 3.70. The van der Waals surface area contributed by atoms with Crippen molar-refractivity contribution in [2.45, 2.75) is 19.8 Å². The second kappa shape index (κ2) is 8.75. The van der Waals surface area contributed by atoms with Gasteiger partial charge in [-0.1, -0.05) is 13.0 Å². The van der Waals surface area contributed by atoms with Crippen LogP contribution in [0.1, 0.15) is 19.8 Å². The van der Waals surface area contributed by atoms with E-state index < -0.39 is 0 Å². The summed E-state index contributed by atoms with van der Waals surface area (Å²) in [5.74, 6) is 0. The van der Waals surface area contributed by atoms with Crippen molar-refractivity contribution < 1.29 is 0 Å². The molecule has 0 spiro atoms. The lowest BCUT2D eigenvalue weighted by Gasteiger charge is -2.13. The SMILES string of the molecule is C=CCN(C)CCCNCCC. The van der Waals surface area contributed by atoms with Crippen molar-refractivity contribution >= 4 is 0 Å². The van der Waals surface area contributed by atoms with Crippen molar-refractivity contribution in [3.63, 3.8) is 0 Å². The monoisotopic (exact) mass is 170 g/mol. The van der Waals surface area contributed by atoms with Gasteiger partial charge in [0.2, 0.25) is 0 Å². The summed E-state index contributed by atoms with van der Waals surface area (Å²) < 4.78 is 0. The smallest absolute Gasteiger partial charge is 0.0157 e. The molecule has 0 amide bonds. The van der Waals surface area contributed by atoms with Gasteiger partial charge in [0.15, 0.2) is 0 Å². The Labute approximate surface area is 76.6 Å². The van der Waals surface area contributed by atoms with Gasteiger partial charge in [0.25, 0.3) is 0 Å². The fraction of sp³-hybridized carbons (Fsp3) is 0.800. The van der Waals surface area contributed by atoms with E-state index >= 15 is 0 Å². The van der Waals surface area contributed by atoms with E-state index in [-0.39, 0.29) is 0 Å².